The van der Waals surface area contributed by atoms with Gasteiger partial charge in [0.05, 0.1) is 30.6 Å². The van der Waals surface area contributed by atoms with Crippen molar-refractivity contribution in [2.24, 2.45) is 0 Å². The van der Waals surface area contributed by atoms with Crippen LogP contribution in [0.2, 0.25) is 5.02 Å². The monoisotopic (exact) mass is 408 g/mol. The molecule has 3 rings (SSSR count). The van der Waals surface area contributed by atoms with Crippen LogP contribution in [0.3, 0.4) is 0 Å². The molecule has 142 valence electrons. The summed E-state index contributed by atoms with van der Waals surface area (Å²) in [6.45, 7) is 1.78. The summed E-state index contributed by atoms with van der Waals surface area (Å²) in [5.41, 5.74) is 1.55. The third kappa shape index (κ3) is 4.01. The van der Waals surface area contributed by atoms with E-state index in [1.807, 2.05) is 0 Å². The summed E-state index contributed by atoms with van der Waals surface area (Å²) in [6.07, 6.45) is 0. The fourth-order valence-corrected chi connectivity index (χ4v) is 3.98. The molecular formula is C18H17ClN2O5S. The first kappa shape index (κ1) is 19.1. The number of hydrogen-bond donors (Lipinski definition) is 1. The molecule has 0 aliphatic rings. The number of nitrogens with zero attached hydrogens (tertiary/aromatic N) is 1. The van der Waals surface area contributed by atoms with Crippen LogP contribution in [0.1, 0.15) is 5.69 Å². The molecule has 0 aliphatic heterocycles. The third-order valence-electron chi connectivity index (χ3n) is 3.77. The second-order valence-corrected chi connectivity index (χ2v) is 7.71. The van der Waals surface area contributed by atoms with Gasteiger partial charge in [0.25, 0.3) is 10.0 Å². The third-order valence-corrected chi connectivity index (χ3v) is 5.47. The molecule has 9 heteroatoms. The van der Waals surface area contributed by atoms with E-state index in [4.69, 9.17) is 25.6 Å². The zero-order valence-corrected chi connectivity index (χ0v) is 16.4. The lowest BCUT2D eigenvalue weighted by Crippen LogP contribution is -2.14. The maximum Gasteiger partial charge on any atom is 0.265 e. The van der Waals surface area contributed by atoms with E-state index >= 15 is 0 Å². The molecule has 1 N–H and O–H groups in total. The van der Waals surface area contributed by atoms with Crippen molar-refractivity contribution in [1.82, 2.24) is 5.16 Å². The Morgan fingerprint density at radius 2 is 1.74 bits per heavy atom. The summed E-state index contributed by atoms with van der Waals surface area (Å²) in [7, 11) is -1.07. The van der Waals surface area contributed by atoms with Crippen LogP contribution in [0.25, 0.3) is 11.3 Å². The molecule has 0 amide bonds. The number of nitrogens with one attached hydrogen (secondary N) is 1. The van der Waals surface area contributed by atoms with Crippen LogP contribution >= 0.6 is 11.6 Å². The molecule has 1 aromatic heterocycles. The number of anilines is 1. The van der Waals surface area contributed by atoms with Crippen LogP contribution in [-0.2, 0) is 10.0 Å². The van der Waals surface area contributed by atoms with E-state index < -0.39 is 10.0 Å². The van der Waals surface area contributed by atoms with E-state index in [1.165, 1.54) is 26.4 Å². The highest BCUT2D eigenvalue weighted by Crippen LogP contribution is 2.33. The number of sulfonamides is 1. The summed E-state index contributed by atoms with van der Waals surface area (Å²) in [5.74, 6) is 1.10. The van der Waals surface area contributed by atoms with E-state index in [0.717, 1.165) is 0 Å². The summed E-state index contributed by atoms with van der Waals surface area (Å²) in [5, 5.41) is 4.11. The van der Waals surface area contributed by atoms with Gasteiger partial charge in [-0.05, 0) is 43.3 Å². The van der Waals surface area contributed by atoms with Crippen molar-refractivity contribution in [3.63, 3.8) is 0 Å². The van der Waals surface area contributed by atoms with Gasteiger partial charge in [0, 0.05) is 11.6 Å². The zero-order chi connectivity index (χ0) is 19.6. The van der Waals surface area contributed by atoms with Gasteiger partial charge in [0.1, 0.15) is 16.4 Å². The molecule has 0 fully saturated rings. The highest BCUT2D eigenvalue weighted by molar-refractivity contribution is 7.92. The SMILES string of the molecule is COc1ccc(NS(=O)(=O)c2cc(-c3cc(C)no3)ccc2OC)cc1Cl. The summed E-state index contributed by atoms with van der Waals surface area (Å²) >= 11 is 6.07. The second-order valence-electron chi connectivity index (χ2n) is 5.65. The number of rotatable bonds is 6. The predicted molar refractivity (Wildman–Crippen MR) is 102 cm³/mol. The highest BCUT2D eigenvalue weighted by Gasteiger charge is 2.22. The summed E-state index contributed by atoms with van der Waals surface area (Å²) in [4.78, 5) is -0.0384. The molecule has 27 heavy (non-hydrogen) atoms. The lowest BCUT2D eigenvalue weighted by Gasteiger charge is -2.13. The Hall–Kier alpha value is -2.71. The number of benzene rings is 2. The van der Waals surface area contributed by atoms with Crippen LogP contribution in [-0.4, -0.2) is 27.8 Å². The van der Waals surface area contributed by atoms with Crippen LogP contribution < -0.4 is 14.2 Å². The number of aromatic nitrogens is 1. The Morgan fingerprint density at radius 1 is 1.04 bits per heavy atom. The van der Waals surface area contributed by atoms with Crippen molar-refractivity contribution in [3.8, 4) is 22.8 Å². The quantitative estimate of drug-likeness (QED) is 0.659. The number of halogens is 1. The molecule has 0 spiro atoms. The Bertz CT molecular complexity index is 1080. The average Bonchev–Trinajstić information content (AvgIpc) is 3.07. The zero-order valence-electron chi connectivity index (χ0n) is 14.8. The topological polar surface area (TPSA) is 90.7 Å². The predicted octanol–water partition coefficient (Wildman–Crippen LogP) is 4.12. The molecule has 7 nitrogen and oxygen atoms in total. The molecular weight excluding hydrogens is 392 g/mol. The van der Waals surface area contributed by atoms with Gasteiger partial charge in [-0.25, -0.2) is 8.42 Å². The molecule has 0 bridgehead atoms. The van der Waals surface area contributed by atoms with Crippen molar-refractivity contribution < 1.29 is 22.4 Å². The van der Waals surface area contributed by atoms with Crippen molar-refractivity contribution in [3.05, 3.63) is 53.2 Å². The molecule has 0 atom stereocenters. The molecule has 0 unspecified atom stereocenters. The Labute approximate surface area is 161 Å². The van der Waals surface area contributed by atoms with Crippen molar-refractivity contribution in [2.75, 3.05) is 18.9 Å². The fourth-order valence-electron chi connectivity index (χ4n) is 2.48. The largest absolute Gasteiger partial charge is 0.495 e. The minimum atomic E-state index is -3.95. The van der Waals surface area contributed by atoms with Crippen LogP contribution in [0.5, 0.6) is 11.5 Å². The number of methoxy groups -OCH3 is 2. The van der Waals surface area contributed by atoms with E-state index in [0.29, 0.717) is 28.5 Å². The Morgan fingerprint density at radius 3 is 2.33 bits per heavy atom. The molecule has 2 aromatic carbocycles. The van der Waals surface area contributed by atoms with Gasteiger partial charge in [0.2, 0.25) is 0 Å². The van der Waals surface area contributed by atoms with Crippen molar-refractivity contribution >= 4 is 27.3 Å². The Balaban J connectivity index is 2.01. The molecule has 0 aliphatic carbocycles. The van der Waals surface area contributed by atoms with Gasteiger partial charge in [-0.1, -0.05) is 16.8 Å². The molecule has 0 radical (unpaired) electrons. The van der Waals surface area contributed by atoms with Crippen LogP contribution in [0.15, 0.2) is 51.9 Å². The maximum absolute atomic E-state index is 12.9. The summed E-state index contributed by atoms with van der Waals surface area (Å²) in [6, 6.07) is 11.0. The minimum absolute atomic E-state index is 0.0384. The lowest BCUT2D eigenvalue weighted by molar-refractivity contribution is 0.402. The second kappa shape index (κ2) is 7.50. The van der Waals surface area contributed by atoms with Crippen LogP contribution in [0, 0.1) is 6.92 Å². The highest BCUT2D eigenvalue weighted by atomic mass is 35.5. The average molecular weight is 409 g/mol. The standard InChI is InChI=1S/C18H17ClN2O5S/c1-11-8-17(26-20-11)12-4-6-16(25-3)18(9-12)27(22,23)21-13-5-7-15(24-2)14(19)10-13/h4-10,21H,1-3H3. The number of hydrogen-bond acceptors (Lipinski definition) is 6. The first-order chi connectivity index (χ1) is 12.8. The van der Waals surface area contributed by atoms with Gasteiger partial charge < -0.3 is 14.0 Å². The molecule has 0 saturated carbocycles. The van der Waals surface area contributed by atoms with Crippen molar-refractivity contribution in [2.45, 2.75) is 11.8 Å². The van der Waals surface area contributed by atoms with Crippen LogP contribution in [0.4, 0.5) is 5.69 Å². The molecule has 0 saturated heterocycles. The fraction of sp³-hybridized carbons (Fsp3) is 0.167. The summed E-state index contributed by atoms with van der Waals surface area (Å²) < 4.78 is 43.8. The van der Waals surface area contributed by atoms with E-state index in [2.05, 4.69) is 9.88 Å². The minimum Gasteiger partial charge on any atom is -0.495 e. The van der Waals surface area contributed by atoms with Gasteiger partial charge in [-0.3, -0.25) is 4.72 Å². The van der Waals surface area contributed by atoms with Gasteiger partial charge in [0.15, 0.2) is 5.76 Å². The van der Waals surface area contributed by atoms with E-state index in [9.17, 15) is 8.42 Å². The smallest absolute Gasteiger partial charge is 0.265 e. The lowest BCUT2D eigenvalue weighted by atomic mass is 10.1. The van der Waals surface area contributed by atoms with Gasteiger partial charge in [-0.2, -0.15) is 0 Å². The number of aryl methyl sites for hydroxylation is 1. The normalized spacial score (nSPS) is 11.3. The van der Waals surface area contributed by atoms with E-state index in [1.54, 1.807) is 37.3 Å². The van der Waals surface area contributed by atoms with E-state index in [-0.39, 0.29) is 15.7 Å². The van der Waals surface area contributed by atoms with Gasteiger partial charge >= 0.3 is 0 Å². The molecule has 1 heterocycles. The first-order valence-electron chi connectivity index (χ1n) is 7.82. The maximum atomic E-state index is 12.9. The number of ether oxygens (including phenoxy) is 2. The first-order valence-corrected chi connectivity index (χ1v) is 9.68. The van der Waals surface area contributed by atoms with Crippen molar-refractivity contribution in [1.29, 1.82) is 0 Å². The molecule has 3 aromatic rings. The Kier molecular flexibility index (Phi) is 5.29. The van der Waals surface area contributed by atoms with Gasteiger partial charge in [-0.15, -0.1) is 0 Å².